The van der Waals surface area contributed by atoms with Gasteiger partial charge in [0.1, 0.15) is 0 Å². The van der Waals surface area contributed by atoms with Crippen LogP contribution in [0.5, 0.6) is 0 Å². The standard InChI is InChI=1S/C13H18N2/c1-4-11-6-5-7-12(9-11)13-8-10(2)14-15(13)3/h5-7,9,13H,4,8H2,1-3H3. The predicted octanol–water partition coefficient (Wildman–Crippen LogP) is 3.00. The summed E-state index contributed by atoms with van der Waals surface area (Å²) in [6.45, 7) is 4.29. The normalized spacial score (nSPS) is 20.6. The number of hydrogen-bond donors (Lipinski definition) is 0. The molecule has 0 aromatic heterocycles. The fourth-order valence-electron chi connectivity index (χ4n) is 2.15. The van der Waals surface area contributed by atoms with Crippen molar-refractivity contribution in [3.8, 4) is 0 Å². The van der Waals surface area contributed by atoms with Crippen molar-refractivity contribution in [3.63, 3.8) is 0 Å². The molecule has 1 aliphatic rings. The summed E-state index contributed by atoms with van der Waals surface area (Å²) in [7, 11) is 2.06. The minimum absolute atomic E-state index is 0.441. The van der Waals surface area contributed by atoms with Crippen LogP contribution in [0.4, 0.5) is 0 Å². The van der Waals surface area contributed by atoms with Gasteiger partial charge in [-0.25, -0.2) is 0 Å². The summed E-state index contributed by atoms with van der Waals surface area (Å²) >= 11 is 0. The van der Waals surface area contributed by atoms with Crippen molar-refractivity contribution in [2.75, 3.05) is 7.05 Å². The Morgan fingerprint density at radius 2 is 2.27 bits per heavy atom. The van der Waals surface area contributed by atoms with Gasteiger partial charge in [-0.05, 0) is 24.5 Å². The fraction of sp³-hybridized carbons (Fsp3) is 0.462. The van der Waals surface area contributed by atoms with Crippen LogP contribution in [-0.4, -0.2) is 17.8 Å². The van der Waals surface area contributed by atoms with Gasteiger partial charge in [0.2, 0.25) is 0 Å². The third kappa shape index (κ3) is 2.04. The lowest BCUT2D eigenvalue weighted by Crippen LogP contribution is -2.13. The first-order valence-corrected chi connectivity index (χ1v) is 5.56. The van der Waals surface area contributed by atoms with Gasteiger partial charge in [0.15, 0.2) is 0 Å². The van der Waals surface area contributed by atoms with Gasteiger partial charge < -0.3 is 0 Å². The highest BCUT2D eigenvalue weighted by Crippen LogP contribution is 2.29. The van der Waals surface area contributed by atoms with Gasteiger partial charge in [-0.2, -0.15) is 5.10 Å². The number of nitrogens with zero attached hydrogens (tertiary/aromatic N) is 2. The van der Waals surface area contributed by atoms with Crippen molar-refractivity contribution in [1.82, 2.24) is 5.01 Å². The van der Waals surface area contributed by atoms with Crippen LogP contribution in [0.2, 0.25) is 0 Å². The van der Waals surface area contributed by atoms with Gasteiger partial charge in [0, 0.05) is 19.2 Å². The Morgan fingerprint density at radius 1 is 1.47 bits per heavy atom. The molecule has 0 spiro atoms. The molecule has 0 radical (unpaired) electrons. The maximum absolute atomic E-state index is 4.45. The van der Waals surface area contributed by atoms with Gasteiger partial charge in [0.25, 0.3) is 0 Å². The maximum Gasteiger partial charge on any atom is 0.0769 e. The molecule has 1 heterocycles. The van der Waals surface area contributed by atoms with Crippen LogP contribution >= 0.6 is 0 Å². The Kier molecular flexibility index (Phi) is 2.76. The lowest BCUT2D eigenvalue weighted by molar-refractivity contribution is 0.290. The second kappa shape index (κ2) is 4.05. The first-order chi connectivity index (χ1) is 7.20. The SMILES string of the molecule is CCc1cccc(C2CC(C)=NN2C)c1. The molecule has 1 aliphatic heterocycles. The van der Waals surface area contributed by atoms with E-state index in [0.717, 1.165) is 12.8 Å². The van der Waals surface area contributed by atoms with Gasteiger partial charge in [-0.15, -0.1) is 0 Å². The summed E-state index contributed by atoms with van der Waals surface area (Å²) in [6.07, 6.45) is 2.16. The Bertz CT molecular complexity index is 382. The average molecular weight is 202 g/mol. The van der Waals surface area contributed by atoms with Crippen molar-refractivity contribution in [1.29, 1.82) is 0 Å². The highest BCUT2D eigenvalue weighted by molar-refractivity contribution is 5.83. The third-order valence-corrected chi connectivity index (χ3v) is 3.01. The Labute approximate surface area is 91.6 Å². The topological polar surface area (TPSA) is 15.6 Å². The molecule has 0 amide bonds. The van der Waals surface area contributed by atoms with Crippen LogP contribution in [0, 0.1) is 0 Å². The molecule has 2 heteroatoms. The second-order valence-corrected chi connectivity index (χ2v) is 4.23. The number of hydrogen-bond acceptors (Lipinski definition) is 2. The molecule has 15 heavy (non-hydrogen) atoms. The predicted molar refractivity (Wildman–Crippen MR) is 64.1 cm³/mol. The number of benzene rings is 1. The zero-order chi connectivity index (χ0) is 10.8. The highest BCUT2D eigenvalue weighted by Gasteiger charge is 2.22. The Morgan fingerprint density at radius 3 is 2.87 bits per heavy atom. The summed E-state index contributed by atoms with van der Waals surface area (Å²) in [5.74, 6) is 0. The van der Waals surface area contributed by atoms with E-state index in [1.54, 1.807) is 0 Å². The van der Waals surface area contributed by atoms with E-state index in [4.69, 9.17) is 0 Å². The van der Waals surface area contributed by atoms with E-state index in [9.17, 15) is 0 Å². The first-order valence-electron chi connectivity index (χ1n) is 5.56. The lowest BCUT2D eigenvalue weighted by Gasteiger charge is -2.19. The summed E-state index contributed by atoms with van der Waals surface area (Å²) in [6, 6.07) is 9.28. The molecule has 2 nitrogen and oxygen atoms in total. The largest absolute Gasteiger partial charge is 0.292 e. The van der Waals surface area contributed by atoms with E-state index in [1.165, 1.54) is 16.8 Å². The molecule has 0 N–H and O–H groups in total. The lowest BCUT2D eigenvalue weighted by atomic mass is 9.99. The molecule has 0 saturated carbocycles. The van der Waals surface area contributed by atoms with Crippen molar-refractivity contribution >= 4 is 5.71 Å². The van der Waals surface area contributed by atoms with E-state index < -0.39 is 0 Å². The monoisotopic (exact) mass is 202 g/mol. The van der Waals surface area contributed by atoms with E-state index >= 15 is 0 Å². The van der Waals surface area contributed by atoms with Crippen molar-refractivity contribution in [3.05, 3.63) is 35.4 Å². The molecule has 1 aromatic rings. The van der Waals surface area contributed by atoms with E-state index in [-0.39, 0.29) is 0 Å². The van der Waals surface area contributed by atoms with E-state index in [0.29, 0.717) is 6.04 Å². The molecule has 1 atom stereocenters. The fourth-order valence-corrected chi connectivity index (χ4v) is 2.15. The number of hydrazone groups is 1. The smallest absolute Gasteiger partial charge is 0.0769 e. The van der Waals surface area contributed by atoms with Crippen LogP contribution in [0.25, 0.3) is 0 Å². The molecule has 1 unspecified atom stereocenters. The van der Waals surface area contributed by atoms with Crippen LogP contribution in [0.3, 0.4) is 0 Å². The molecule has 0 saturated heterocycles. The average Bonchev–Trinajstić information content (AvgIpc) is 2.58. The van der Waals surface area contributed by atoms with Crippen LogP contribution < -0.4 is 0 Å². The Balaban J connectivity index is 2.23. The van der Waals surface area contributed by atoms with Crippen LogP contribution in [0.1, 0.15) is 37.4 Å². The summed E-state index contributed by atoms with van der Waals surface area (Å²) in [5, 5.41) is 6.53. The molecule has 80 valence electrons. The number of aryl methyl sites for hydroxylation is 1. The van der Waals surface area contributed by atoms with Crippen molar-refractivity contribution in [2.45, 2.75) is 32.7 Å². The third-order valence-electron chi connectivity index (χ3n) is 3.01. The highest BCUT2D eigenvalue weighted by atomic mass is 15.5. The van der Waals surface area contributed by atoms with Crippen LogP contribution in [-0.2, 0) is 6.42 Å². The molecule has 0 bridgehead atoms. The van der Waals surface area contributed by atoms with Gasteiger partial charge in [-0.3, -0.25) is 5.01 Å². The van der Waals surface area contributed by atoms with E-state index in [2.05, 4.69) is 55.3 Å². The molecular weight excluding hydrogens is 184 g/mol. The minimum Gasteiger partial charge on any atom is -0.292 e. The molecular formula is C13H18N2. The maximum atomic E-state index is 4.45. The number of rotatable bonds is 2. The van der Waals surface area contributed by atoms with Gasteiger partial charge >= 0.3 is 0 Å². The van der Waals surface area contributed by atoms with Crippen molar-refractivity contribution < 1.29 is 0 Å². The molecule has 1 aromatic carbocycles. The zero-order valence-electron chi connectivity index (χ0n) is 9.70. The quantitative estimate of drug-likeness (QED) is 0.719. The van der Waals surface area contributed by atoms with E-state index in [1.807, 2.05) is 0 Å². The second-order valence-electron chi connectivity index (χ2n) is 4.23. The van der Waals surface area contributed by atoms with Gasteiger partial charge in [0.05, 0.1) is 6.04 Å². The summed E-state index contributed by atoms with van der Waals surface area (Å²) < 4.78 is 0. The molecule has 0 fully saturated rings. The summed E-state index contributed by atoms with van der Waals surface area (Å²) in [5.41, 5.74) is 4.02. The minimum atomic E-state index is 0.441. The van der Waals surface area contributed by atoms with Crippen molar-refractivity contribution in [2.24, 2.45) is 5.10 Å². The van der Waals surface area contributed by atoms with Gasteiger partial charge in [-0.1, -0.05) is 31.2 Å². The zero-order valence-corrected chi connectivity index (χ0v) is 9.70. The first kappa shape index (κ1) is 10.2. The molecule has 2 rings (SSSR count). The Hall–Kier alpha value is -1.31. The molecule has 0 aliphatic carbocycles. The summed E-state index contributed by atoms with van der Waals surface area (Å²) in [4.78, 5) is 0. The van der Waals surface area contributed by atoms with Crippen LogP contribution in [0.15, 0.2) is 29.4 Å².